The summed E-state index contributed by atoms with van der Waals surface area (Å²) in [4.78, 5) is 24.9. The highest BCUT2D eigenvalue weighted by Crippen LogP contribution is 2.19. The smallest absolute Gasteiger partial charge is 0.240 e. The maximum atomic E-state index is 12.3. The highest BCUT2D eigenvalue weighted by atomic mass is 16.3. The van der Waals surface area contributed by atoms with Crippen molar-refractivity contribution in [3.8, 4) is 0 Å². The van der Waals surface area contributed by atoms with Gasteiger partial charge in [0.2, 0.25) is 11.8 Å². The summed E-state index contributed by atoms with van der Waals surface area (Å²) in [6.07, 6.45) is -0.156. The predicted molar refractivity (Wildman–Crippen MR) is 73.4 cm³/mol. The van der Waals surface area contributed by atoms with E-state index in [4.69, 9.17) is 11.5 Å². The van der Waals surface area contributed by atoms with Gasteiger partial charge >= 0.3 is 0 Å². The number of hydrogen-bond acceptors (Lipinski definition) is 4. The molecule has 6 heteroatoms. The van der Waals surface area contributed by atoms with Crippen LogP contribution in [0.5, 0.6) is 0 Å². The fraction of sp³-hybridized carbons (Fsp3) is 0.429. The van der Waals surface area contributed by atoms with Crippen molar-refractivity contribution >= 4 is 11.8 Å². The Balaban J connectivity index is 2.04. The zero-order chi connectivity index (χ0) is 14.7. The molecule has 1 saturated heterocycles. The van der Waals surface area contributed by atoms with Gasteiger partial charge in [-0.1, -0.05) is 30.3 Å². The molecule has 6 nitrogen and oxygen atoms in total. The van der Waals surface area contributed by atoms with E-state index in [1.54, 1.807) is 0 Å². The van der Waals surface area contributed by atoms with Crippen molar-refractivity contribution in [3.05, 3.63) is 35.9 Å². The maximum absolute atomic E-state index is 12.3. The van der Waals surface area contributed by atoms with Crippen LogP contribution in [0.3, 0.4) is 0 Å². The third-order valence-electron chi connectivity index (χ3n) is 3.51. The quantitative estimate of drug-likeness (QED) is 0.656. The van der Waals surface area contributed by atoms with E-state index in [-0.39, 0.29) is 18.9 Å². The van der Waals surface area contributed by atoms with Crippen molar-refractivity contribution in [1.82, 2.24) is 4.90 Å². The minimum Gasteiger partial charge on any atom is -0.391 e. The van der Waals surface area contributed by atoms with Gasteiger partial charge in [-0.3, -0.25) is 9.59 Å². The largest absolute Gasteiger partial charge is 0.391 e. The van der Waals surface area contributed by atoms with Gasteiger partial charge in [0.15, 0.2) is 0 Å². The monoisotopic (exact) mass is 277 g/mol. The molecule has 0 radical (unpaired) electrons. The lowest BCUT2D eigenvalue weighted by Gasteiger charge is -2.25. The molecule has 1 fully saturated rings. The normalized spacial score (nSPS) is 23.6. The van der Waals surface area contributed by atoms with Gasteiger partial charge < -0.3 is 21.5 Å². The Kier molecular flexibility index (Phi) is 4.36. The van der Waals surface area contributed by atoms with Crippen LogP contribution in [0.15, 0.2) is 30.3 Å². The molecule has 0 spiro atoms. The van der Waals surface area contributed by atoms with Crippen molar-refractivity contribution in [3.63, 3.8) is 0 Å². The van der Waals surface area contributed by atoms with Crippen LogP contribution >= 0.6 is 0 Å². The molecule has 108 valence electrons. The summed E-state index contributed by atoms with van der Waals surface area (Å²) in [7, 11) is 0. The number of primary amides is 1. The number of rotatable bonds is 4. The molecule has 3 atom stereocenters. The van der Waals surface area contributed by atoms with Crippen LogP contribution in [-0.2, 0) is 16.0 Å². The number of carbonyl (C=O) groups is 2. The molecule has 1 heterocycles. The van der Waals surface area contributed by atoms with Crippen LogP contribution in [0.25, 0.3) is 0 Å². The molecule has 1 aliphatic heterocycles. The Morgan fingerprint density at radius 2 is 2.00 bits per heavy atom. The molecule has 2 rings (SSSR count). The van der Waals surface area contributed by atoms with Gasteiger partial charge in [-0.2, -0.15) is 0 Å². The fourth-order valence-electron chi connectivity index (χ4n) is 2.50. The Labute approximate surface area is 117 Å². The van der Waals surface area contributed by atoms with Crippen LogP contribution in [0.4, 0.5) is 0 Å². The third-order valence-corrected chi connectivity index (χ3v) is 3.51. The van der Waals surface area contributed by atoms with Crippen molar-refractivity contribution < 1.29 is 14.7 Å². The summed E-state index contributed by atoms with van der Waals surface area (Å²) < 4.78 is 0. The average Bonchev–Trinajstić information content (AvgIpc) is 2.81. The van der Waals surface area contributed by atoms with Gasteiger partial charge in [-0.25, -0.2) is 0 Å². The molecule has 0 aliphatic carbocycles. The van der Waals surface area contributed by atoms with Crippen LogP contribution in [0.2, 0.25) is 0 Å². The molecule has 0 saturated carbocycles. The number of aliphatic hydroxyl groups excluding tert-OH is 1. The van der Waals surface area contributed by atoms with E-state index >= 15 is 0 Å². The predicted octanol–water partition coefficient (Wildman–Crippen LogP) is -0.996. The summed E-state index contributed by atoms with van der Waals surface area (Å²) >= 11 is 0. The maximum Gasteiger partial charge on any atom is 0.240 e. The Morgan fingerprint density at radius 3 is 2.60 bits per heavy atom. The summed E-state index contributed by atoms with van der Waals surface area (Å²) in [5.41, 5.74) is 12.1. The van der Waals surface area contributed by atoms with Crippen molar-refractivity contribution in [2.24, 2.45) is 11.5 Å². The van der Waals surface area contributed by atoms with Crippen LogP contribution in [0, 0.1) is 0 Å². The van der Waals surface area contributed by atoms with E-state index in [9.17, 15) is 14.7 Å². The van der Waals surface area contributed by atoms with Gasteiger partial charge in [-0.15, -0.1) is 0 Å². The second-order valence-corrected chi connectivity index (χ2v) is 5.09. The zero-order valence-corrected chi connectivity index (χ0v) is 11.1. The van der Waals surface area contributed by atoms with E-state index in [0.29, 0.717) is 6.42 Å². The van der Waals surface area contributed by atoms with E-state index in [1.165, 1.54) is 4.90 Å². The first-order valence-electron chi connectivity index (χ1n) is 6.56. The van der Waals surface area contributed by atoms with Crippen LogP contribution in [-0.4, -0.2) is 46.6 Å². The van der Waals surface area contributed by atoms with E-state index in [1.807, 2.05) is 30.3 Å². The second kappa shape index (κ2) is 6.02. The Morgan fingerprint density at radius 1 is 1.35 bits per heavy atom. The van der Waals surface area contributed by atoms with E-state index in [2.05, 4.69) is 0 Å². The van der Waals surface area contributed by atoms with Gasteiger partial charge in [0.1, 0.15) is 6.04 Å². The standard InChI is InChI=1S/C14H19N3O3/c15-11(6-9-4-2-1-3-5-9)14(20)17-8-10(18)7-12(17)13(16)19/h1-5,10-12,18H,6-8,15H2,(H2,16,19)/t10?,11-,12?/m0/s1. The number of benzene rings is 1. The summed E-state index contributed by atoms with van der Waals surface area (Å²) in [6.45, 7) is 0.106. The lowest BCUT2D eigenvalue weighted by atomic mass is 10.1. The number of nitrogens with zero attached hydrogens (tertiary/aromatic N) is 1. The molecule has 1 aromatic carbocycles. The summed E-state index contributed by atoms with van der Waals surface area (Å²) in [5.74, 6) is -0.962. The third kappa shape index (κ3) is 3.15. The molecule has 0 aromatic heterocycles. The van der Waals surface area contributed by atoms with E-state index < -0.39 is 24.1 Å². The SMILES string of the molecule is NC(=O)C1CC(O)CN1C(=O)[C@@H](N)Cc1ccccc1. The summed E-state index contributed by atoms with van der Waals surface area (Å²) in [5, 5.41) is 9.60. The van der Waals surface area contributed by atoms with Crippen molar-refractivity contribution in [2.75, 3.05) is 6.54 Å². The molecule has 2 unspecified atom stereocenters. The lowest BCUT2D eigenvalue weighted by Crippen LogP contribution is -2.50. The Hall–Kier alpha value is -1.92. The lowest BCUT2D eigenvalue weighted by molar-refractivity contribution is -0.138. The van der Waals surface area contributed by atoms with Crippen LogP contribution < -0.4 is 11.5 Å². The molecule has 1 aliphatic rings. The minimum atomic E-state index is -0.765. The molecule has 0 bridgehead atoms. The Bertz CT molecular complexity index is 492. The number of nitrogens with two attached hydrogens (primary N) is 2. The summed E-state index contributed by atoms with van der Waals surface area (Å²) in [6, 6.07) is 7.90. The molecule has 5 N–H and O–H groups in total. The van der Waals surface area contributed by atoms with Crippen LogP contribution in [0.1, 0.15) is 12.0 Å². The topological polar surface area (TPSA) is 110 Å². The molecule has 2 amide bonds. The molecular weight excluding hydrogens is 258 g/mol. The number of hydrogen-bond donors (Lipinski definition) is 3. The number of aliphatic hydroxyl groups is 1. The number of likely N-dealkylation sites (tertiary alicyclic amines) is 1. The van der Waals surface area contributed by atoms with Gasteiger partial charge in [0.25, 0.3) is 0 Å². The van der Waals surface area contributed by atoms with Gasteiger partial charge in [-0.05, 0) is 12.0 Å². The molecular formula is C14H19N3O3. The molecule has 1 aromatic rings. The second-order valence-electron chi connectivity index (χ2n) is 5.09. The fourth-order valence-corrected chi connectivity index (χ4v) is 2.50. The average molecular weight is 277 g/mol. The minimum absolute atomic E-state index is 0.106. The number of β-amino-alcohol motifs (C(OH)–C–C–N with tert-alkyl or cyclic N) is 1. The number of carbonyl (C=O) groups excluding carboxylic acids is 2. The van der Waals surface area contributed by atoms with E-state index in [0.717, 1.165) is 5.56 Å². The highest BCUT2D eigenvalue weighted by Gasteiger charge is 2.39. The van der Waals surface area contributed by atoms with Crippen molar-refractivity contribution in [1.29, 1.82) is 0 Å². The first-order chi connectivity index (χ1) is 9.49. The first kappa shape index (κ1) is 14.5. The molecule has 20 heavy (non-hydrogen) atoms. The van der Waals surface area contributed by atoms with Gasteiger partial charge in [0, 0.05) is 13.0 Å². The number of amides is 2. The first-order valence-corrected chi connectivity index (χ1v) is 6.56. The zero-order valence-electron chi connectivity index (χ0n) is 11.1. The van der Waals surface area contributed by atoms with Gasteiger partial charge in [0.05, 0.1) is 12.1 Å². The highest BCUT2D eigenvalue weighted by molar-refractivity contribution is 5.89. The van der Waals surface area contributed by atoms with Crippen molar-refractivity contribution in [2.45, 2.75) is 31.0 Å².